The largest absolute Gasteiger partial charge is 0.328 e. The van der Waals surface area contributed by atoms with Crippen LogP contribution in [0.15, 0.2) is 51.6 Å². The number of aromatic nitrogens is 6. The van der Waals surface area contributed by atoms with Gasteiger partial charge in [0.2, 0.25) is 0 Å². The summed E-state index contributed by atoms with van der Waals surface area (Å²) in [6.07, 6.45) is 11.3. The first kappa shape index (κ1) is 18.8. The van der Waals surface area contributed by atoms with Crippen molar-refractivity contribution in [3.05, 3.63) is 47.1 Å². The Hall–Kier alpha value is -3.18. The van der Waals surface area contributed by atoms with Crippen LogP contribution in [0.3, 0.4) is 0 Å². The number of hydrazone groups is 1. The highest BCUT2D eigenvalue weighted by Crippen LogP contribution is 2.33. The van der Waals surface area contributed by atoms with Crippen LogP contribution in [0.25, 0.3) is 16.9 Å². The van der Waals surface area contributed by atoms with Gasteiger partial charge in [-0.15, -0.1) is 0 Å². The molecule has 0 amide bonds. The molecular weight excluding hydrogens is 418 g/mol. The van der Waals surface area contributed by atoms with Crippen LogP contribution in [0.1, 0.15) is 25.5 Å². The van der Waals surface area contributed by atoms with E-state index in [1.165, 1.54) is 17.1 Å². The molecule has 0 bridgehead atoms. The fourth-order valence-corrected chi connectivity index (χ4v) is 4.66. The molecule has 9 nitrogen and oxygen atoms in total. The summed E-state index contributed by atoms with van der Waals surface area (Å²) in [4.78, 5) is 9.47. The van der Waals surface area contributed by atoms with Crippen molar-refractivity contribution in [1.29, 1.82) is 0 Å². The van der Waals surface area contributed by atoms with Gasteiger partial charge in [0.15, 0.2) is 11.5 Å². The fourth-order valence-electron chi connectivity index (χ4n) is 3.12. The Bertz CT molecular complexity index is 1250. The Balaban J connectivity index is 1.61. The highest BCUT2D eigenvalue weighted by atomic mass is 32.2. The maximum atomic E-state index is 4.86. The minimum Gasteiger partial charge on any atom is -0.328 e. The van der Waals surface area contributed by atoms with Crippen LogP contribution in [0, 0.1) is 6.92 Å². The Labute approximate surface area is 180 Å². The number of nitrogens with one attached hydrogen (secondary N) is 3. The summed E-state index contributed by atoms with van der Waals surface area (Å²) in [5.41, 5.74) is 7.99. The Morgan fingerprint density at radius 2 is 2.20 bits per heavy atom. The first-order valence-electron chi connectivity index (χ1n) is 9.40. The maximum absolute atomic E-state index is 4.86. The third kappa shape index (κ3) is 3.68. The van der Waals surface area contributed by atoms with E-state index in [4.69, 9.17) is 4.98 Å². The zero-order valence-corrected chi connectivity index (χ0v) is 18.0. The second-order valence-corrected chi connectivity index (χ2v) is 8.72. The number of rotatable bonds is 5. The summed E-state index contributed by atoms with van der Waals surface area (Å²) < 4.78 is 6.38. The highest BCUT2D eigenvalue weighted by molar-refractivity contribution is 8.03. The lowest BCUT2D eigenvalue weighted by Crippen LogP contribution is -2.05. The quantitative estimate of drug-likeness (QED) is 0.427. The van der Waals surface area contributed by atoms with Gasteiger partial charge in [0, 0.05) is 24.2 Å². The molecule has 0 unspecified atom stereocenters. The average Bonchev–Trinajstić information content (AvgIpc) is 3.45. The van der Waals surface area contributed by atoms with E-state index in [-0.39, 0.29) is 0 Å². The standard InChI is InChI=1S/C19H19N9S2/c1-11-4-3-5-21-26-19(11)29-16-10-28-14(13-7-22-23-8-13)9-20-18(28)17(25-16)24-15-6-12(2)27-30-15/h5-10,26H,3-4H2,1-2H3,(H,22,23)(H,24,25). The van der Waals surface area contributed by atoms with Gasteiger partial charge in [0.05, 0.1) is 28.8 Å². The van der Waals surface area contributed by atoms with E-state index in [1.54, 1.807) is 18.0 Å². The number of aromatic amines is 1. The number of thioether (sulfide) groups is 1. The van der Waals surface area contributed by atoms with E-state index in [2.05, 4.69) is 42.3 Å². The van der Waals surface area contributed by atoms with Crippen LogP contribution in [-0.4, -0.2) is 35.2 Å². The maximum Gasteiger partial charge on any atom is 0.181 e. The summed E-state index contributed by atoms with van der Waals surface area (Å²) in [6.45, 7) is 4.09. The number of hydrogen-bond donors (Lipinski definition) is 3. The minimum atomic E-state index is 0.675. The Morgan fingerprint density at radius 1 is 1.27 bits per heavy atom. The molecule has 152 valence electrons. The van der Waals surface area contributed by atoms with E-state index < -0.39 is 0 Å². The van der Waals surface area contributed by atoms with Crippen LogP contribution in [-0.2, 0) is 0 Å². The fraction of sp³-hybridized carbons (Fsp3) is 0.211. The number of fused-ring (bicyclic) bond motifs is 1. The molecular formula is C19H19N9S2. The van der Waals surface area contributed by atoms with Crippen molar-refractivity contribution in [3.63, 3.8) is 0 Å². The number of imidazole rings is 1. The predicted octanol–water partition coefficient (Wildman–Crippen LogP) is 4.32. The van der Waals surface area contributed by atoms with Gasteiger partial charge in [-0.1, -0.05) is 0 Å². The first-order valence-corrected chi connectivity index (χ1v) is 11.0. The zero-order chi connectivity index (χ0) is 20.5. The van der Waals surface area contributed by atoms with Crippen molar-refractivity contribution in [1.82, 2.24) is 34.4 Å². The van der Waals surface area contributed by atoms with E-state index in [0.717, 1.165) is 50.5 Å². The molecule has 0 saturated heterocycles. The molecule has 30 heavy (non-hydrogen) atoms. The second-order valence-electron chi connectivity index (χ2n) is 6.88. The first-order chi connectivity index (χ1) is 14.7. The summed E-state index contributed by atoms with van der Waals surface area (Å²) in [5, 5.41) is 17.3. The van der Waals surface area contributed by atoms with Crippen LogP contribution in [0.2, 0.25) is 0 Å². The number of nitrogens with zero attached hydrogens (tertiary/aromatic N) is 6. The molecule has 1 aliphatic heterocycles. The van der Waals surface area contributed by atoms with Gasteiger partial charge in [0.25, 0.3) is 0 Å². The predicted molar refractivity (Wildman–Crippen MR) is 120 cm³/mol. The van der Waals surface area contributed by atoms with E-state index in [0.29, 0.717) is 5.82 Å². The van der Waals surface area contributed by atoms with Gasteiger partial charge in [-0.25, -0.2) is 9.97 Å². The van der Waals surface area contributed by atoms with Crippen LogP contribution >= 0.6 is 23.3 Å². The van der Waals surface area contributed by atoms with Crippen molar-refractivity contribution in [2.75, 3.05) is 5.32 Å². The third-order valence-corrected chi connectivity index (χ3v) is 6.48. The van der Waals surface area contributed by atoms with Gasteiger partial charge < -0.3 is 5.32 Å². The van der Waals surface area contributed by atoms with Crippen molar-refractivity contribution in [3.8, 4) is 11.3 Å². The van der Waals surface area contributed by atoms with Crippen LogP contribution < -0.4 is 10.7 Å². The molecule has 0 spiro atoms. The number of anilines is 2. The topological polar surface area (TPSA) is 108 Å². The molecule has 0 aromatic carbocycles. The van der Waals surface area contributed by atoms with E-state index in [9.17, 15) is 0 Å². The second kappa shape index (κ2) is 7.92. The number of aryl methyl sites for hydroxylation is 1. The Morgan fingerprint density at radius 3 is 3.00 bits per heavy atom. The molecule has 0 saturated carbocycles. The molecule has 3 N–H and O–H groups in total. The summed E-state index contributed by atoms with van der Waals surface area (Å²) in [7, 11) is 0. The Kier molecular flexibility index (Phi) is 4.97. The molecule has 1 aliphatic rings. The molecule has 0 atom stereocenters. The molecule has 0 radical (unpaired) electrons. The van der Waals surface area contributed by atoms with Gasteiger partial charge in [-0.2, -0.15) is 14.6 Å². The average molecular weight is 438 g/mol. The molecule has 5 rings (SSSR count). The van der Waals surface area contributed by atoms with Crippen LogP contribution in [0.4, 0.5) is 10.8 Å². The summed E-state index contributed by atoms with van der Waals surface area (Å²) in [5.74, 6) is 0.675. The highest BCUT2D eigenvalue weighted by Gasteiger charge is 2.16. The number of hydrogen-bond acceptors (Lipinski definition) is 9. The SMILES string of the molecule is CC1=C(Sc2cn3c(-c4cn[nH]c4)cnc3c(Nc3cc(C)ns3)n2)NN=CCC1. The lowest BCUT2D eigenvalue weighted by Gasteiger charge is -2.12. The van der Waals surface area contributed by atoms with Crippen LogP contribution in [0.5, 0.6) is 0 Å². The smallest absolute Gasteiger partial charge is 0.181 e. The lowest BCUT2D eigenvalue weighted by molar-refractivity contribution is 0.934. The normalized spacial score (nSPS) is 14.2. The van der Waals surface area contributed by atoms with Gasteiger partial charge in [-0.3, -0.25) is 14.9 Å². The monoisotopic (exact) mass is 437 g/mol. The number of allylic oxidation sites excluding steroid dienone is 1. The van der Waals surface area contributed by atoms with Crippen molar-refractivity contribution in [2.24, 2.45) is 5.10 Å². The van der Waals surface area contributed by atoms with E-state index in [1.807, 2.05) is 42.2 Å². The zero-order valence-electron chi connectivity index (χ0n) is 16.4. The van der Waals surface area contributed by atoms with Crippen molar-refractivity contribution < 1.29 is 0 Å². The van der Waals surface area contributed by atoms with Crippen molar-refractivity contribution >= 4 is 46.0 Å². The molecule has 0 aliphatic carbocycles. The van der Waals surface area contributed by atoms with Gasteiger partial charge in [0.1, 0.15) is 10.0 Å². The summed E-state index contributed by atoms with van der Waals surface area (Å²) >= 11 is 2.96. The van der Waals surface area contributed by atoms with Gasteiger partial charge >= 0.3 is 0 Å². The number of H-pyrrole nitrogens is 1. The molecule has 5 heterocycles. The molecule has 4 aromatic heterocycles. The third-order valence-electron chi connectivity index (χ3n) is 4.63. The van der Waals surface area contributed by atoms with E-state index >= 15 is 0 Å². The molecule has 4 aromatic rings. The summed E-state index contributed by atoms with van der Waals surface area (Å²) in [6, 6.07) is 2.00. The molecule has 0 fully saturated rings. The molecule has 11 heteroatoms. The van der Waals surface area contributed by atoms with Crippen molar-refractivity contribution in [2.45, 2.75) is 31.7 Å². The van der Waals surface area contributed by atoms with Gasteiger partial charge in [-0.05, 0) is 61.6 Å². The lowest BCUT2D eigenvalue weighted by atomic mass is 10.2. The minimum absolute atomic E-state index is 0.675.